The molecule has 1 heterocycles. The molecule has 17 heavy (non-hydrogen) atoms. The van der Waals surface area contributed by atoms with E-state index in [0.717, 1.165) is 5.56 Å². The summed E-state index contributed by atoms with van der Waals surface area (Å²) in [6, 6.07) is 4.93. The van der Waals surface area contributed by atoms with E-state index in [-0.39, 0.29) is 5.56 Å². The van der Waals surface area contributed by atoms with Crippen LogP contribution in [0.3, 0.4) is 0 Å². The highest BCUT2D eigenvalue weighted by molar-refractivity contribution is 5.91. The van der Waals surface area contributed by atoms with Crippen molar-refractivity contribution >= 4 is 5.97 Å². The number of aromatic carboxylic acids is 1. The Hall–Kier alpha value is -2.44. The number of tetrazole rings is 1. The van der Waals surface area contributed by atoms with Gasteiger partial charge in [0.1, 0.15) is 17.6 Å². The topological polar surface area (TPSA) is 90.1 Å². The quantitative estimate of drug-likeness (QED) is 0.824. The van der Waals surface area contributed by atoms with Crippen molar-refractivity contribution in [3.8, 4) is 5.75 Å². The van der Waals surface area contributed by atoms with Crippen molar-refractivity contribution in [1.29, 1.82) is 0 Å². The molecule has 0 spiro atoms. The molecule has 0 aliphatic rings. The summed E-state index contributed by atoms with van der Waals surface area (Å²) in [4.78, 5) is 11.0. The zero-order valence-electron chi connectivity index (χ0n) is 9.07. The summed E-state index contributed by atoms with van der Waals surface area (Å²) in [6.45, 7) is 0.414. The third-order valence-corrected chi connectivity index (χ3v) is 2.23. The predicted octanol–water partition coefficient (Wildman–Crippen LogP) is 0.428. The van der Waals surface area contributed by atoms with Crippen LogP contribution in [0, 0.1) is 0 Å². The van der Waals surface area contributed by atoms with Gasteiger partial charge in [-0.25, -0.2) is 9.48 Å². The van der Waals surface area contributed by atoms with Crippen LogP contribution in [0.1, 0.15) is 15.9 Å². The number of benzene rings is 1. The van der Waals surface area contributed by atoms with Gasteiger partial charge in [-0.3, -0.25) is 0 Å². The van der Waals surface area contributed by atoms with Gasteiger partial charge >= 0.3 is 5.97 Å². The van der Waals surface area contributed by atoms with Crippen LogP contribution in [0.2, 0.25) is 0 Å². The second-order valence-electron chi connectivity index (χ2n) is 3.35. The number of hydrogen-bond acceptors (Lipinski definition) is 5. The number of aromatic nitrogens is 4. The summed E-state index contributed by atoms with van der Waals surface area (Å²) < 4.78 is 6.48. The first-order chi connectivity index (χ1) is 8.20. The fraction of sp³-hybridized carbons (Fsp3) is 0.200. The van der Waals surface area contributed by atoms with Crippen LogP contribution >= 0.6 is 0 Å². The molecule has 0 atom stereocenters. The SMILES string of the molecule is COc1ccc(Cn2cnnn2)cc1C(=O)O. The standard InChI is InChI=1S/C10H10N4O3/c1-17-9-3-2-7(4-8(9)10(15)16)5-14-6-11-12-13-14/h2-4,6H,5H2,1H3,(H,15,16). The minimum atomic E-state index is -1.03. The first kappa shape index (κ1) is 11.1. The molecule has 2 aromatic rings. The van der Waals surface area contributed by atoms with Crippen LogP contribution < -0.4 is 4.74 Å². The zero-order chi connectivity index (χ0) is 12.3. The minimum absolute atomic E-state index is 0.123. The van der Waals surface area contributed by atoms with Crippen molar-refractivity contribution in [3.63, 3.8) is 0 Å². The lowest BCUT2D eigenvalue weighted by atomic mass is 10.1. The maximum absolute atomic E-state index is 11.0. The Morgan fingerprint density at radius 1 is 1.53 bits per heavy atom. The number of hydrogen-bond donors (Lipinski definition) is 1. The number of carboxylic acid groups (broad SMARTS) is 1. The molecule has 1 aromatic carbocycles. The summed E-state index contributed by atoms with van der Waals surface area (Å²) in [7, 11) is 1.43. The second kappa shape index (κ2) is 4.60. The monoisotopic (exact) mass is 234 g/mol. The van der Waals surface area contributed by atoms with E-state index in [2.05, 4.69) is 15.5 Å². The average molecular weight is 234 g/mol. The van der Waals surface area contributed by atoms with Gasteiger partial charge < -0.3 is 9.84 Å². The number of ether oxygens (including phenoxy) is 1. The molecular formula is C10H10N4O3. The van der Waals surface area contributed by atoms with E-state index in [1.807, 2.05) is 0 Å². The summed E-state index contributed by atoms with van der Waals surface area (Å²) in [6.07, 6.45) is 1.46. The van der Waals surface area contributed by atoms with Gasteiger partial charge in [0.15, 0.2) is 0 Å². The Kier molecular flexibility index (Phi) is 2.99. The third kappa shape index (κ3) is 2.39. The van der Waals surface area contributed by atoms with Crippen LogP contribution in [0.25, 0.3) is 0 Å². The number of methoxy groups -OCH3 is 1. The molecule has 2 rings (SSSR count). The zero-order valence-corrected chi connectivity index (χ0v) is 9.07. The smallest absolute Gasteiger partial charge is 0.339 e. The van der Waals surface area contributed by atoms with Gasteiger partial charge in [-0.2, -0.15) is 0 Å². The van der Waals surface area contributed by atoms with E-state index in [9.17, 15) is 4.79 Å². The molecule has 0 fully saturated rings. The Labute approximate surface area is 96.6 Å². The number of carbonyl (C=O) groups is 1. The fourth-order valence-electron chi connectivity index (χ4n) is 1.46. The highest BCUT2D eigenvalue weighted by atomic mass is 16.5. The third-order valence-electron chi connectivity index (χ3n) is 2.23. The molecule has 7 heteroatoms. The molecule has 0 radical (unpaired) electrons. The maximum Gasteiger partial charge on any atom is 0.339 e. The molecule has 7 nitrogen and oxygen atoms in total. The van der Waals surface area contributed by atoms with Crippen LogP contribution in [-0.4, -0.2) is 38.4 Å². The lowest BCUT2D eigenvalue weighted by molar-refractivity contribution is 0.0693. The molecule has 0 bridgehead atoms. The maximum atomic E-state index is 11.0. The highest BCUT2D eigenvalue weighted by Gasteiger charge is 2.11. The van der Waals surface area contributed by atoms with Gasteiger partial charge in [0.25, 0.3) is 0 Å². The van der Waals surface area contributed by atoms with E-state index in [1.165, 1.54) is 18.1 Å². The van der Waals surface area contributed by atoms with Crippen molar-refractivity contribution in [2.45, 2.75) is 6.54 Å². The second-order valence-corrected chi connectivity index (χ2v) is 3.35. The van der Waals surface area contributed by atoms with Crippen LogP contribution in [0.15, 0.2) is 24.5 Å². The van der Waals surface area contributed by atoms with Crippen molar-refractivity contribution in [2.24, 2.45) is 0 Å². The van der Waals surface area contributed by atoms with Crippen molar-refractivity contribution in [3.05, 3.63) is 35.7 Å². The molecule has 1 N–H and O–H groups in total. The summed E-state index contributed by atoms with van der Waals surface area (Å²) in [5.41, 5.74) is 0.911. The number of nitrogens with zero attached hydrogens (tertiary/aromatic N) is 4. The largest absolute Gasteiger partial charge is 0.496 e. The number of rotatable bonds is 4. The summed E-state index contributed by atoms with van der Waals surface area (Å²) in [5.74, 6) is -0.696. The lowest BCUT2D eigenvalue weighted by Gasteiger charge is -2.07. The normalized spacial score (nSPS) is 10.2. The van der Waals surface area contributed by atoms with Crippen LogP contribution in [0.5, 0.6) is 5.75 Å². The molecule has 1 aromatic heterocycles. The molecule has 0 aliphatic carbocycles. The van der Waals surface area contributed by atoms with Gasteiger partial charge in [-0.1, -0.05) is 6.07 Å². The van der Waals surface area contributed by atoms with E-state index in [4.69, 9.17) is 9.84 Å². The molecule has 0 unspecified atom stereocenters. The molecule has 0 saturated carbocycles. The van der Waals surface area contributed by atoms with Crippen LogP contribution in [-0.2, 0) is 6.54 Å². The van der Waals surface area contributed by atoms with E-state index in [1.54, 1.807) is 18.2 Å². The fourth-order valence-corrected chi connectivity index (χ4v) is 1.46. The number of carboxylic acids is 1. The molecule has 88 valence electrons. The Morgan fingerprint density at radius 3 is 2.94 bits per heavy atom. The summed E-state index contributed by atoms with van der Waals surface area (Å²) in [5, 5.41) is 19.7. The Bertz CT molecular complexity index is 524. The molecule has 0 aliphatic heterocycles. The molecule has 0 amide bonds. The van der Waals surface area contributed by atoms with Gasteiger partial charge in [0.05, 0.1) is 13.7 Å². The van der Waals surface area contributed by atoms with E-state index in [0.29, 0.717) is 12.3 Å². The first-order valence-electron chi connectivity index (χ1n) is 4.81. The predicted molar refractivity (Wildman–Crippen MR) is 56.9 cm³/mol. The minimum Gasteiger partial charge on any atom is -0.496 e. The Balaban J connectivity index is 2.30. The Morgan fingerprint density at radius 2 is 2.35 bits per heavy atom. The van der Waals surface area contributed by atoms with Gasteiger partial charge in [0, 0.05) is 0 Å². The van der Waals surface area contributed by atoms with Crippen molar-refractivity contribution < 1.29 is 14.6 Å². The molecule has 0 saturated heterocycles. The lowest BCUT2D eigenvalue weighted by Crippen LogP contribution is -2.05. The first-order valence-corrected chi connectivity index (χ1v) is 4.81. The van der Waals surface area contributed by atoms with Gasteiger partial charge in [-0.15, -0.1) is 5.10 Å². The van der Waals surface area contributed by atoms with E-state index >= 15 is 0 Å². The average Bonchev–Trinajstić information content (AvgIpc) is 2.81. The van der Waals surface area contributed by atoms with Crippen molar-refractivity contribution in [2.75, 3.05) is 7.11 Å². The van der Waals surface area contributed by atoms with Crippen molar-refractivity contribution in [1.82, 2.24) is 20.2 Å². The van der Waals surface area contributed by atoms with Gasteiger partial charge in [-0.05, 0) is 28.1 Å². The van der Waals surface area contributed by atoms with E-state index < -0.39 is 5.97 Å². The molecular weight excluding hydrogens is 224 g/mol. The van der Waals surface area contributed by atoms with Gasteiger partial charge in [0.2, 0.25) is 0 Å². The van der Waals surface area contributed by atoms with Crippen LogP contribution in [0.4, 0.5) is 0 Å². The highest BCUT2D eigenvalue weighted by Crippen LogP contribution is 2.20. The summed E-state index contributed by atoms with van der Waals surface area (Å²) >= 11 is 0.